The summed E-state index contributed by atoms with van der Waals surface area (Å²) in [5, 5.41) is 0. The van der Waals surface area contributed by atoms with E-state index in [4.69, 9.17) is 10.5 Å². The quantitative estimate of drug-likeness (QED) is 0.735. The van der Waals surface area contributed by atoms with E-state index < -0.39 is 10.8 Å². The van der Waals surface area contributed by atoms with Crippen molar-refractivity contribution in [2.24, 2.45) is 40.2 Å². The molecule has 4 bridgehead atoms. The maximum Gasteiger partial charge on any atom is 0.312 e. The smallest absolute Gasteiger partial charge is 0.312 e. The molecule has 4 fully saturated rings. The van der Waals surface area contributed by atoms with Gasteiger partial charge in [-0.05, 0) is 82.5 Å². The molecule has 0 aromatic rings. The van der Waals surface area contributed by atoms with Crippen LogP contribution in [-0.4, -0.2) is 17.5 Å². The number of amides is 1. The SMILES string of the molecule is CCC(C)(CC(C)(C)C(N)=O)C(=O)OC1(C)C2CC3CC(C2)CC1C3. The predicted molar refractivity (Wildman–Crippen MR) is 97.5 cm³/mol. The summed E-state index contributed by atoms with van der Waals surface area (Å²) in [6.07, 6.45) is 7.33. The number of rotatable bonds is 6. The van der Waals surface area contributed by atoms with Crippen molar-refractivity contribution in [3.8, 4) is 0 Å². The van der Waals surface area contributed by atoms with Gasteiger partial charge >= 0.3 is 5.97 Å². The Morgan fingerprint density at radius 1 is 1.04 bits per heavy atom. The second-order valence-corrected chi connectivity index (χ2v) is 10.2. The zero-order chi connectivity index (χ0) is 18.6. The Labute approximate surface area is 152 Å². The molecular weight excluding hydrogens is 314 g/mol. The van der Waals surface area contributed by atoms with E-state index in [1.54, 1.807) is 0 Å². The van der Waals surface area contributed by atoms with E-state index in [1.165, 1.54) is 32.1 Å². The van der Waals surface area contributed by atoms with Crippen LogP contribution in [0.4, 0.5) is 0 Å². The Morgan fingerprint density at radius 3 is 1.92 bits per heavy atom. The number of nitrogens with two attached hydrogens (primary N) is 1. The Balaban J connectivity index is 1.77. The number of esters is 1. The standard InChI is InChI=1S/C21H35NO3/c1-6-20(4,12-19(2,3)17(22)23)18(24)25-21(5)15-8-13-7-14(10-15)11-16(21)9-13/h13-16H,6-12H2,1-5H3,(H2,22,23). The zero-order valence-corrected chi connectivity index (χ0v) is 16.6. The molecule has 4 rings (SSSR count). The predicted octanol–water partition coefficient (Wildman–Crippen LogP) is 4.06. The van der Waals surface area contributed by atoms with Gasteiger partial charge in [0.25, 0.3) is 0 Å². The highest BCUT2D eigenvalue weighted by Gasteiger charge is 2.58. The molecule has 4 saturated carbocycles. The minimum atomic E-state index is -0.714. The molecule has 1 atom stereocenters. The van der Waals surface area contributed by atoms with Gasteiger partial charge in [0.05, 0.1) is 5.41 Å². The van der Waals surface area contributed by atoms with Crippen LogP contribution < -0.4 is 5.73 Å². The molecule has 4 nitrogen and oxygen atoms in total. The average molecular weight is 350 g/mol. The van der Waals surface area contributed by atoms with Crippen LogP contribution >= 0.6 is 0 Å². The number of hydrogen-bond donors (Lipinski definition) is 1. The van der Waals surface area contributed by atoms with Gasteiger partial charge in [-0.15, -0.1) is 0 Å². The average Bonchev–Trinajstić information content (AvgIpc) is 2.51. The van der Waals surface area contributed by atoms with E-state index in [-0.39, 0.29) is 17.5 Å². The van der Waals surface area contributed by atoms with Crippen LogP contribution in [0.3, 0.4) is 0 Å². The molecule has 0 saturated heterocycles. The van der Waals surface area contributed by atoms with Crippen molar-refractivity contribution in [3.63, 3.8) is 0 Å². The van der Waals surface area contributed by atoms with Crippen LogP contribution in [0.1, 0.15) is 79.6 Å². The summed E-state index contributed by atoms with van der Waals surface area (Å²) in [5.41, 5.74) is 3.84. The number of carbonyl (C=O) groups excluding carboxylic acids is 2. The van der Waals surface area contributed by atoms with E-state index >= 15 is 0 Å². The van der Waals surface area contributed by atoms with Gasteiger partial charge in [0.2, 0.25) is 5.91 Å². The fraction of sp³-hybridized carbons (Fsp3) is 0.905. The van der Waals surface area contributed by atoms with Crippen molar-refractivity contribution >= 4 is 11.9 Å². The highest BCUT2D eigenvalue weighted by atomic mass is 16.6. The summed E-state index contributed by atoms with van der Waals surface area (Å²) in [4.78, 5) is 25.0. The van der Waals surface area contributed by atoms with Crippen molar-refractivity contribution < 1.29 is 14.3 Å². The number of hydrogen-bond acceptors (Lipinski definition) is 3. The molecule has 25 heavy (non-hydrogen) atoms. The summed E-state index contributed by atoms with van der Waals surface area (Å²) in [6.45, 7) is 9.74. The maximum atomic E-state index is 13.2. The van der Waals surface area contributed by atoms with Crippen molar-refractivity contribution in [2.75, 3.05) is 0 Å². The molecule has 0 aromatic carbocycles. The third-order valence-corrected chi connectivity index (χ3v) is 7.84. The molecule has 1 amide bonds. The molecule has 0 aliphatic heterocycles. The molecule has 0 aromatic heterocycles. The van der Waals surface area contributed by atoms with Gasteiger partial charge in [-0.3, -0.25) is 9.59 Å². The molecule has 2 N–H and O–H groups in total. The van der Waals surface area contributed by atoms with Gasteiger partial charge in [0.15, 0.2) is 0 Å². The van der Waals surface area contributed by atoms with Crippen LogP contribution in [0.15, 0.2) is 0 Å². The van der Waals surface area contributed by atoms with Crippen molar-refractivity contribution in [1.29, 1.82) is 0 Å². The van der Waals surface area contributed by atoms with Crippen LogP contribution in [0, 0.1) is 34.5 Å². The third kappa shape index (κ3) is 3.10. The lowest BCUT2D eigenvalue weighted by atomic mass is 9.50. The minimum Gasteiger partial charge on any atom is -0.458 e. The first-order valence-electron chi connectivity index (χ1n) is 10.0. The second-order valence-electron chi connectivity index (χ2n) is 10.2. The van der Waals surface area contributed by atoms with Gasteiger partial charge in [0, 0.05) is 5.41 Å². The van der Waals surface area contributed by atoms with Crippen molar-refractivity contribution in [2.45, 2.75) is 85.2 Å². The summed E-state index contributed by atoms with van der Waals surface area (Å²) >= 11 is 0. The van der Waals surface area contributed by atoms with E-state index in [2.05, 4.69) is 6.92 Å². The Morgan fingerprint density at radius 2 is 1.52 bits per heavy atom. The van der Waals surface area contributed by atoms with Crippen molar-refractivity contribution in [1.82, 2.24) is 0 Å². The Hall–Kier alpha value is -1.06. The summed E-state index contributed by atoms with van der Waals surface area (Å²) in [7, 11) is 0. The maximum absolute atomic E-state index is 13.2. The van der Waals surface area contributed by atoms with E-state index in [1.807, 2.05) is 27.7 Å². The van der Waals surface area contributed by atoms with Gasteiger partial charge in [-0.2, -0.15) is 0 Å². The molecule has 0 radical (unpaired) electrons. The van der Waals surface area contributed by atoms with Gasteiger partial charge in [-0.25, -0.2) is 0 Å². The Kier molecular flexibility index (Phi) is 4.49. The molecule has 0 heterocycles. The van der Waals surface area contributed by atoms with Crippen LogP contribution in [0.25, 0.3) is 0 Å². The van der Waals surface area contributed by atoms with Crippen LogP contribution in [-0.2, 0) is 14.3 Å². The van der Waals surface area contributed by atoms with Crippen LogP contribution in [0.2, 0.25) is 0 Å². The number of carbonyl (C=O) groups is 2. The van der Waals surface area contributed by atoms with Crippen molar-refractivity contribution in [3.05, 3.63) is 0 Å². The molecule has 0 spiro atoms. The normalized spacial score (nSPS) is 39.1. The summed E-state index contributed by atoms with van der Waals surface area (Å²) in [6, 6.07) is 0. The van der Waals surface area contributed by atoms with E-state index in [0.717, 1.165) is 11.8 Å². The summed E-state index contributed by atoms with van der Waals surface area (Å²) in [5.74, 6) is 2.22. The molecule has 4 aliphatic rings. The number of primary amides is 1. The first-order chi connectivity index (χ1) is 11.5. The fourth-order valence-electron chi connectivity index (χ4n) is 6.01. The number of ether oxygens (including phenoxy) is 1. The lowest BCUT2D eigenvalue weighted by molar-refractivity contribution is -0.213. The third-order valence-electron chi connectivity index (χ3n) is 7.84. The lowest BCUT2D eigenvalue weighted by Gasteiger charge is -2.59. The minimum absolute atomic E-state index is 0.140. The molecule has 4 aliphatic carbocycles. The first-order valence-corrected chi connectivity index (χ1v) is 10.0. The van der Waals surface area contributed by atoms with Gasteiger partial charge < -0.3 is 10.5 Å². The highest BCUT2D eigenvalue weighted by Crippen LogP contribution is 2.60. The first kappa shape index (κ1) is 18.7. The molecule has 1 unspecified atom stereocenters. The molecule has 142 valence electrons. The topological polar surface area (TPSA) is 69.4 Å². The fourth-order valence-corrected chi connectivity index (χ4v) is 6.01. The summed E-state index contributed by atoms with van der Waals surface area (Å²) < 4.78 is 6.31. The van der Waals surface area contributed by atoms with Gasteiger partial charge in [-0.1, -0.05) is 20.8 Å². The monoisotopic (exact) mass is 349 g/mol. The Bertz CT molecular complexity index is 539. The second kappa shape index (κ2) is 5.99. The van der Waals surface area contributed by atoms with Crippen LogP contribution in [0.5, 0.6) is 0 Å². The van der Waals surface area contributed by atoms with Gasteiger partial charge in [0.1, 0.15) is 5.60 Å². The largest absolute Gasteiger partial charge is 0.458 e. The lowest BCUT2D eigenvalue weighted by Crippen LogP contribution is -2.59. The molecule has 4 heteroatoms. The van der Waals surface area contributed by atoms with E-state index in [9.17, 15) is 9.59 Å². The highest BCUT2D eigenvalue weighted by molar-refractivity contribution is 5.82. The zero-order valence-electron chi connectivity index (χ0n) is 16.6. The molecular formula is C21H35NO3. The van der Waals surface area contributed by atoms with E-state index in [0.29, 0.717) is 24.7 Å².